The lowest BCUT2D eigenvalue weighted by atomic mass is 9.52. The van der Waals surface area contributed by atoms with Crippen LogP contribution in [0.1, 0.15) is 113 Å². The van der Waals surface area contributed by atoms with E-state index in [-0.39, 0.29) is 41.6 Å². The lowest BCUT2D eigenvalue weighted by Crippen LogP contribution is -2.61. The Morgan fingerprint density at radius 2 is 1.37 bits per heavy atom. The van der Waals surface area contributed by atoms with E-state index < -0.39 is 22.8 Å². The molecule has 1 aromatic heterocycles. The summed E-state index contributed by atoms with van der Waals surface area (Å²) in [6, 6.07) is 2.10. The highest BCUT2D eigenvalue weighted by molar-refractivity contribution is 5.90. The molecule has 1 saturated heterocycles. The fourth-order valence-electron chi connectivity index (χ4n) is 8.05. The number of ether oxygens (including phenoxy) is 2. The Kier molecular flexibility index (Phi) is 11.5. The van der Waals surface area contributed by atoms with E-state index in [1.165, 1.54) is 0 Å². The van der Waals surface area contributed by atoms with Gasteiger partial charge in [-0.15, -0.1) is 0 Å². The fraction of sp³-hybridized carbons (Fsp3) is 0.784. The van der Waals surface area contributed by atoms with Crippen molar-refractivity contribution in [1.29, 1.82) is 0 Å². The van der Waals surface area contributed by atoms with E-state index in [1.807, 2.05) is 20.8 Å². The second kappa shape index (κ2) is 15.2. The first-order valence-electron chi connectivity index (χ1n) is 18.9. The first-order valence-corrected chi connectivity index (χ1v) is 18.9. The smallest absolute Gasteiger partial charge is 0.408 e. The van der Waals surface area contributed by atoms with Crippen molar-refractivity contribution in [3.63, 3.8) is 0 Å². The first-order chi connectivity index (χ1) is 24.2. The monoisotopic (exact) mass is 728 g/mol. The number of carbonyl (C=O) groups excluding carboxylic acids is 4. The average molecular weight is 729 g/mol. The molecule has 1 aromatic rings. The van der Waals surface area contributed by atoms with Gasteiger partial charge in [-0.05, 0) is 131 Å². The summed E-state index contributed by atoms with van der Waals surface area (Å²) in [6.45, 7) is 16.3. The van der Waals surface area contributed by atoms with Crippen molar-refractivity contribution in [3.8, 4) is 0 Å². The van der Waals surface area contributed by atoms with Crippen LogP contribution in [0, 0.1) is 11.3 Å². The van der Waals surface area contributed by atoms with Crippen LogP contribution in [-0.2, 0) is 14.3 Å². The summed E-state index contributed by atoms with van der Waals surface area (Å²) < 4.78 is 12.4. The molecule has 3 saturated carbocycles. The van der Waals surface area contributed by atoms with Crippen molar-refractivity contribution in [2.24, 2.45) is 11.3 Å². The van der Waals surface area contributed by atoms with Crippen LogP contribution in [-0.4, -0.2) is 105 Å². The van der Waals surface area contributed by atoms with Gasteiger partial charge in [-0.1, -0.05) is 0 Å². The summed E-state index contributed by atoms with van der Waals surface area (Å²) in [5.74, 6) is 0.503. The lowest BCUT2D eigenvalue weighted by Gasteiger charge is -2.58. The van der Waals surface area contributed by atoms with Crippen molar-refractivity contribution in [3.05, 3.63) is 22.7 Å². The maximum atomic E-state index is 13.1. The summed E-state index contributed by atoms with van der Waals surface area (Å²) in [7, 11) is 0. The Morgan fingerprint density at radius 1 is 0.808 bits per heavy atom. The number of hydrogen-bond acceptors (Lipinski definition) is 9. The minimum atomic E-state index is -1.18. The summed E-state index contributed by atoms with van der Waals surface area (Å²) >= 11 is 0. The molecule has 1 aliphatic heterocycles. The Bertz CT molecular complexity index is 1520. The van der Waals surface area contributed by atoms with Crippen LogP contribution in [0.25, 0.3) is 0 Å². The number of carbonyl (C=O) groups is 4. The van der Waals surface area contributed by atoms with Crippen LogP contribution in [0.4, 0.5) is 20.2 Å². The number of rotatable bonds is 8. The van der Waals surface area contributed by atoms with E-state index in [0.717, 1.165) is 57.9 Å². The van der Waals surface area contributed by atoms with Gasteiger partial charge in [-0.25, -0.2) is 19.2 Å². The molecule has 3 aliphatic carbocycles. The van der Waals surface area contributed by atoms with Crippen molar-refractivity contribution in [2.75, 3.05) is 38.0 Å². The number of nitrogens with one attached hydrogen (secondary N) is 4. The van der Waals surface area contributed by atoms with Crippen LogP contribution in [0.2, 0.25) is 0 Å². The molecule has 0 atom stereocenters. The maximum Gasteiger partial charge on any atom is 0.408 e. The van der Waals surface area contributed by atoms with E-state index in [1.54, 1.807) is 61.2 Å². The third-order valence-electron chi connectivity index (χ3n) is 10.6. The van der Waals surface area contributed by atoms with Crippen molar-refractivity contribution >= 4 is 29.9 Å². The van der Waals surface area contributed by atoms with Crippen LogP contribution < -0.4 is 27.0 Å². The highest BCUT2D eigenvalue weighted by Gasteiger charge is 2.53. The van der Waals surface area contributed by atoms with Gasteiger partial charge in [0, 0.05) is 50.5 Å². The molecule has 52 heavy (non-hydrogen) atoms. The fourth-order valence-corrected chi connectivity index (χ4v) is 8.05. The number of anilines is 1. The van der Waals surface area contributed by atoms with Crippen LogP contribution in [0.15, 0.2) is 17.1 Å². The van der Waals surface area contributed by atoms with Crippen LogP contribution >= 0.6 is 0 Å². The van der Waals surface area contributed by atoms with E-state index in [2.05, 4.69) is 26.3 Å². The van der Waals surface area contributed by atoms with E-state index in [0.29, 0.717) is 43.6 Å². The molecule has 1 spiro atoms. The summed E-state index contributed by atoms with van der Waals surface area (Å²) in [5, 5.41) is 12.2. The van der Waals surface area contributed by atoms with Gasteiger partial charge in [0.05, 0.1) is 0 Å². The van der Waals surface area contributed by atoms with Gasteiger partial charge in [0.25, 0.3) is 0 Å². The molecule has 4 fully saturated rings. The quantitative estimate of drug-likeness (QED) is 0.303. The minimum absolute atomic E-state index is 0.0806. The molecular weight excluding hydrogens is 668 g/mol. The normalized spacial score (nSPS) is 26.5. The van der Waals surface area contributed by atoms with E-state index in [4.69, 9.17) is 9.47 Å². The second-order valence-electron chi connectivity index (χ2n) is 17.9. The van der Waals surface area contributed by atoms with E-state index in [9.17, 15) is 24.0 Å². The number of nitrogens with zero attached hydrogens (tertiary/aromatic N) is 4. The van der Waals surface area contributed by atoms with Gasteiger partial charge in [0.2, 0.25) is 5.91 Å². The standard InChI is InChI=1S/C37H60N8O7/c1-34(2,3)51-32(49)39-26-21-37(22-26)19-25(20-37)38-23-24-9-11-27(12-10-24)45-14-13-28(41-31(45)48)40-30(47)44-17-15-43(16-18-44)29(46)36(7,8)42-33(50)52-35(4,5)6/h13-14,24-27,38H,9-12,15-23H2,1-8H3,(H,39,49)(H,42,50)(H,40,41,47,48). The highest BCUT2D eigenvalue weighted by atomic mass is 16.6. The van der Waals surface area contributed by atoms with Gasteiger partial charge in [0.1, 0.15) is 22.6 Å². The summed E-state index contributed by atoms with van der Waals surface area (Å²) in [6.07, 6.45) is 8.96. The first kappa shape index (κ1) is 39.3. The maximum absolute atomic E-state index is 13.1. The number of urea groups is 1. The lowest BCUT2D eigenvalue weighted by molar-refractivity contribution is -0.138. The molecule has 15 nitrogen and oxygen atoms in total. The molecule has 290 valence electrons. The van der Waals surface area contributed by atoms with Gasteiger partial charge in [-0.2, -0.15) is 4.98 Å². The molecular formula is C37H60N8O7. The molecule has 5 amide bonds. The minimum Gasteiger partial charge on any atom is -0.444 e. The Morgan fingerprint density at radius 3 is 1.94 bits per heavy atom. The van der Waals surface area contributed by atoms with E-state index >= 15 is 0 Å². The Labute approximate surface area is 307 Å². The second-order valence-corrected chi connectivity index (χ2v) is 17.9. The topological polar surface area (TPSA) is 176 Å². The number of amides is 5. The van der Waals surface area contributed by atoms with Crippen molar-refractivity contribution in [1.82, 2.24) is 35.3 Å². The number of alkyl carbamates (subject to hydrolysis) is 2. The van der Waals surface area contributed by atoms with Crippen LogP contribution in [0.5, 0.6) is 0 Å². The predicted molar refractivity (Wildman–Crippen MR) is 196 cm³/mol. The number of piperazine rings is 1. The number of hydrogen-bond donors (Lipinski definition) is 4. The molecule has 0 bridgehead atoms. The van der Waals surface area contributed by atoms with Gasteiger partial charge in [0.15, 0.2) is 0 Å². The Balaban J connectivity index is 0.981. The zero-order valence-electron chi connectivity index (χ0n) is 32.3. The van der Waals surface area contributed by atoms with Gasteiger partial charge in [-0.3, -0.25) is 14.7 Å². The van der Waals surface area contributed by atoms with Gasteiger partial charge < -0.3 is 35.2 Å². The predicted octanol–water partition coefficient (Wildman–Crippen LogP) is 4.38. The largest absolute Gasteiger partial charge is 0.444 e. The molecule has 0 radical (unpaired) electrons. The molecule has 4 N–H and O–H groups in total. The Hall–Kier alpha value is -3.88. The third-order valence-corrected chi connectivity index (χ3v) is 10.6. The molecule has 15 heteroatoms. The summed E-state index contributed by atoms with van der Waals surface area (Å²) in [5.41, 5.74) is -2.36. The molecule has 5 rings (SSSR count). The molecule has 0 unspecified atom stereocenters. The average Bonchev–Trinajstić information content (AvgIpc) is 2.99. The SMILES string of the molecule is CC(C)(C)OC(=O)NC1CC2(CC(NCC3CCC(n4ccc(NC(=O)N5CCN(C(=O)C(C)(C)NC(=O)OC(C)(C)C)CC5)nc4=O)CC3)C2)C1. The highest BCUT2D eigenvalue weighted by Crippen LogP contribution is 2.56. The summed E-state index contributed by atoms with van der Waals surface area (Å²) in [4.78, 5) is 70.8. The van der Waals surface area contributed by atoms with Crippen molar-refractivity contribution in [2.45, 2.75) is 142 Å². The molecule has 4 aliphatic rings. The third kappa shape index (κ3) is 10.4. The zero-order valence-corrected chi connectivity index (χ0v) is 32.3. The van der Waals surface area contributed by atoms with Gasteiger partial charge >= 0.3 is 23.9 Å². The number of aromatic nitrogens is 2. The zero-order chi connectivity index (χ0) is 38.1. The molecule has 2 heterocycles. The van der Waals surface area contributed by atoms with Crippen LogP contribution in [0.3, 0.4) is 0 Å². The van der Waals surface area contributed by atoms with Crippen molar-refractivity contribution < 1.29 is 28.7 Å². The molecule has 0 aromatic carbocycles.